The van der Waals surface area contributed by atoms with E-state index in [1.807, 2.05) is 48.5 Å². The maximum Gasteiger partial charge on any atom is 0.159 e. The number of fused-ring (bicyclic) bond motifs is 2. The van der Waals surface area contributed by atoms with Gasteiger partial charge in [0.15, 0.2) is 5.82 Å². The van der Waals surface area contributed by atoms with E-state index in [-0.39, 0.29) is 0 Å². The highest BCUT2D eigenvalue weighted by molar-refractivity contribution is 5.96. The molecule has 0 amide bonds. The van der Waals surface area contributed by atoms with Gasteiger partial charge < -0.3 is 4.98 Å². The first kappa shape index (κ1) is 16.5. The fourth-order valence-corrected chi connectivity index (χ4v) is 3.49. The van der Waals surface area contributed by atoms with Crippen molar-refractivity contribution in [3.63, 3.8) is 0 Å². The van der Waals surface area contributed by atoms with Crippen molar-refractivity contribution in [3.05, 3.63) is 73.3 Å². The lowest BCUT2D eigenvalue weighted by molar-refractivity contribution is 1.10. The van der Waals surface area contributed by atoms with Crippen LogP contribution in [0.3, 0.4) is 0 Å². The molecule has 0 aliphatic heterocycles. The van der Waals surface area contributed by atoms with Gasteiger partial charge in [-0.1, -0.05) is 12.1 Å². The summed E-state index contributed by atoms with van der Waals surface area (Å²) in [6.45, 7) is 0. The Kier molecular flexibility index (Phi) is 3.60. The SMILES string of the molecule is c1ccc(-c2cc3c(-c4nc5c(-c6ccccn6)nccc5[nH]4)n[nH]c3cn2)nc1. The predicted molar refractivity (Wildman–Crippen MR) is 113 cm³/mol. The molecule has 6 aromatic rings. The second-order valence-corrected chi connectivity index (χ2v) is 6.76. The molecule has 0 spiro atoms. The molecule has 0 aliphatic carbocycles. The van der Waals surface area contributed by atoms with Crippen LogP contribution in [0.25, 0.3) is 56.2 Å². The van der Waals surface area contributed by atoms with E-state index in [0.29, 0.717) is 11.5 Å². The van der Waals surface area contributed by atoms with Gasteiger partial charge in [-0.3, -0.25) is 25.0 Å². The molecular formula is C22H14N8. The van der Waals surface area contributed by atoms with Gasteiger partial charge in [-0.05, 0) is 36.4 Å². The minimum atomic E-state index is 0.652. The predicted octanol–water partition coefficient (Wildman–Crippen LogP) is 4.02. The average Bonchev–Trinajstić information content (AvgIpc) is 3.43. The van der Waals surface area contributed by atoms with Crippen LogP contribution in [0, 0.1) is 0 Å². The van der Waals surface area contributed by atoms with Crippen molar-refractivity contribution in [2.24, 2.45) is 0 Å². The molecule has 0 aromatic carbocycles. The molecule has 0 unspecified atom stereocenters. The number of rotatable bonds is 3. The third kappa shape index (κ3) is 2.62. The summed E-state index contributed by atoms with van der Waals surface area (Å²) in [7, 11) is 0. The Bertz CT molecular complexity index is 1490. The van der Waals surface area contributed by atoms with E-state index in [4.69, 9.17) is 4.98 Å². The number of hydrogen-bond acceptors (Lipinski definition) is 6. The van der Waals surface area contributed by atoms with Gasteiger partial charge in [0.05, 0.1) is 34.3 Å². The van der Waals surface area contributed by atoms with Gasteiger partial charge in [0.25, 0.3) is 0 Å². The van der Waals surface area contributed by atoms with Crippen LogP contribution >= 0.6 is 0 Å². The molecule has 6 rings (SSSR count). The van der Waals surface area contributed by atoms with Crippen molar-refractivity contribution in [2.45, 2.75) is 0 Å². The Morgan fingerprint density at radius 2 is 1.50 bits per heavy atom. The Balaban J connectivity index is 1.52. The summed E-state index contributed by atoms with van der Waals surface area (Å²) in [6.07, 6.45) is 7.01. The van der Waals surface area contributed by atoms with Crippen LogP contribution in [0.1, 0.15) is 0 Å². The van der Waals surface area contributed by atoms with Crippen molar-refractivity contribution in [3.8, 4) is 34.3 Å². The zero-order valence-electron chi connectivity index (χ0n) is 15.6. The number of aromatic amines is 2. The number of hydrogen-bond donors (Lipinski definition) is 2. The Hall–Kier alpha value is -4.46. The number of H-pyrrole nitrogens is 2. The van der Waals surface area contributed by atoms with E-state index in [0.717, 1.165) is 44.7 Å². The summed E-state index contributed by atoms with van der Waals surface area (Å²) < 4.78 is 0. The maximum absolute atomic E-state index is 4.81. The number of pyridine rings is 4. The first-order valence-electron chi connectivity index (χ1n) is 9.39. The fraction of sp³-hybridized carbons (Fsp3) is 0. The first-order chi connectivity index (χ1) is 14.9. The van der Waals surface area contributed by atoms with E-state index >= 15 is 0 Å². The van der Waals surface area contributed by atoms with Crippen LogP contribution in [-0.2, 0) is 0 Å². The molecule has 8 heteroatoms. The lowest BCUT2D eigenvalue weighted by Gasteiger charge is -2.00. The summed E-state index contributed by atoms with van der Waals surface area (Å²) >= 11 is 0. The number of nitrogens with one attached hydrogen (secondary N) is 2. The number of imidazole rings is 1. The molecule has 8 nitrogen and oxygen atoms in total. The summed E-state index contributed by atoms with van der Waals surface area (Å²) in [6, 6.07) is 15.4. The lowest BCUT2D eigenvalue weighted by Crippen LogP contribution is -1.88. The molecular weight excluding hydrogens is 376 g/mol. The fourth-order valence-electron chi connectivity index (χ4n) is 3.49. The second-order valence-electron chi connectivity index (χ2n) is 6.76. The highest BCUT2D eigenvalue weighted by Crippen LogP contribution is 2.30. The number of aromatic nitrogens is 8. The standard InChI is InChI=1S/C22H14N8/c1-3-8-23-14(5-1)17-11-13-18(12-26-17)29-30-19(13)22-27-16-7-10-25-20(21(16)28-22)15-6-2-4-9-24-15/h1-12H,(H,27,28)(H,29,30). The summed E-state index contributed by atoms with van der Waals surface area (Å²) in [4.78, 5) is 26.0. The molecule has 0 saturated carbocycles. The number of nitrogens with zero attached hydrogens (tertiary/aromatic N) is 6. The van der Waals surface area contributed by atoms with Crippen molar-refractivity contribution < 1.29 is 0 Å². The molecule has 0 bridgehead atoms. The smallest absolute Gasteiger partial charge is 0.159 e. The van der Waals surface area contributed by atoms with Gasteiger partial charge in [0.1, 0.15) is 16.9 Å². The Morgan fingerprint density at radius 1 is 0.667 bits per heavy atom. The second kappa shape index (κ2) is 6.56. The van der Waals surface area contributed by atoms with E-state index in [9.17, 15) is 0 Å². The van der Waals surface area contributed by atoms with Crippen molar-refractivity contribution in [2.75, 3.05) is 0 Å². The van der Waals surface area contributed by atoms with E-state index < -0.39 is 0 Å². The van der Waals surface area contributed by atoms with Crippen LogP contribution in [0.5, 0.6) is 0 Å². The van der Waals surface area contributed by atoms with Gasteiger partial charge >= 0.3 is 0 Å². The highest BCUT2D eigenvalue weighted by atomic mass is 15.1. The molecule has 2 N–H and O–H groups in total. The van der Waals surface area contributed by atoms with Gasteiger partial charge in [0.2, 0.25) is 0 Å². The summed E-state index contributed by atoms with van der Waals surface area (Å²) in [5.41, 5.74) is 6.24. The highest BCUT2D eigenvalue weighted by Gasteiger charge is 2.17. The largest absolute Gasteiger partial charge is 0.336 e. The molecule has 6 heterocycles. The summed E-state index contributed by atoms with van der Waals surface area (Å²) in [5.74, 6) is 0.652. The monoisotopic (exact) mass is 390 g/mol. The minimum absolute atomic E-state index is 0.652. The minimum Gasteiger partial charge on any atom is -0.336 e. The molecule has 6 aromatic heterocycles. The zero-order chi connectivity index (χ0) is 19.9. The molecule has 0 radical (unpaired) electrons. The maximum atomic E-state index is 4.81. The third-order valence-corrected chi connectivity index (χ3v) is 4.91. The first-order valence-corrected chi connectivity index (χ1v) is 9.39. The summed E-state index contributed by atoms with van der Waals surface area (Å²) in [5, 5.41) is 8.43. The van der Waals surface area contributed by atoms with E-state index in [2.05, 4.69) is 35.1 Å². The van der Waals surface area contributed by atoms with Crippen LogP contribution < -0.4 is 0 Å². The van der Waals surface area contributed by atoms with Gasteiger partial charge in [-0.2, -0.15) is 5.10 Å². The van der Waals surface area contributed by atoms with Crippen molar-refractivity contribution >= 4 is 21.9 Å². The van der Waals surface area contributed by atoms with Gasteiger partial charge in [-0.15, -0.1) is 0 Å². The van der Waals surface area contributed by atoms with Gasteiger partial charge in [0, 0.05) is 24.0 Å². The third-order valence-electron chi connectivity index (χ3n) is 4.91. The molecule has 0 aliphatic rings. The zero-order valence-corrected chi connectivity index (χ0v) is 15.6. The van der Waals surface area contributed by atoms with Crippen LogP contribution in [0.15, 0.2) is 73.3 Å². The van der Waals surface area contributed by atoms with Crippen LogP contribution in [0.2, 0.25) is 0 Å². The average molecular weight is 390 g/mol. The normalized spacial score (nSPS) is 11.3. The molecule has 0 saturated heterocycles. The quantitative estimate of drug-likeness (QED) is 0.472. The lowest BCUT2D eigenvalue weighted by atomic mass is 10.1. The van der Waals surface area contributed by atoms with Gasteiger partial charge in [-0.25, -0.2) is 4.98 Å². The van der Waals surface area contributed by atoms with Crippen molar-refractivity contribution in [1.82, 2.24) is 40.1 Å². The Labute approximate surface area is 170 Å². The van der Waals surface area contributed by atoms with Crippen LogP contribution in [-0.4, -0.2) is 40.1 Å². The topological polar surface area (TPSA) is 109 Å². The van der Waals surface area contributed by atoms with Crippen molar-refractivity contribution in [1.29, 1.82) is 0 Å². The molecule has 0 atom stereocenters. The molecule has 30 heavy (non-hydrogen) atoms. The van der Waals surface area contributed by atoms with E-state index in [1.165, 1.54) is 0 Å². The van der Waals surface area contributed by atoms with E-state index in [1.54, 1.807) is 24.8 Å². The molecule has 0 fully saturated rings. The Morgan fingerprint density at radius 3 is 2.30 bits per heavy atom. The molecule has 142 valence electrons. The van der Waals surface area contributed by atoms with Crippen LogP contribution in [0.4, 0.5) is 0 Å².